The van der Waals surface area contributed by atoms with Gasteiger partial charge in [0.2, 0.25) is 5.91 Å². The molecule has 2 fully saturated rings. The number of carbonyl (C=O) groups excluding carboxylic acids is 1. The zero-order chi connectivity index (χ0) is 23.2. The fraction of sp³-hybridized carbons (Fsp3) is 0.500. The zero-order valence-corrected chi connectivity index (χ0v) is 19.0. The number of hydrogen-bond donors (Lipinski definition) is 1. The molecule has 1 aromatic carbocycles. The molecule has 2 aromatic rings. The summed E-state index contributed by atoms with van der Waals surface area (Å²) < 4.78 is 5.95. The summed E-state index contributed by atoms with van der Waals surface area (Å²) >= 11 is 0. The lowest BCUT2D eigenvalue weighted by Crippen LogP contribution is -2.50. The highest BCUT2D eigenvalue weighted by Gasteiger charge is 2.25. The number of benzene rings is 1. The number of anilines is 2. The highest BCUT2D eigenvalue weighted by atomic mass is 16.6. The minimum atomic E-state index is -0.466. The molecule has 0 radical (unpaired) electrons. The molecule has 1 aromatic heterocycles. The Morgan fingerprint density at radius 1 is 1.15 bits per heavy atom. The van der Waals surface area contributed by atoms with E-state index in [0.29, 0.717) is 5.56 Å². The molecule has 9 heteroatoms. The molecule has 176 valence electrons. The molecule has 1 N–H and O–H groups in total. The van der Waals surface area contributed by atoms with Gasteiger partial charge in [0.25, 0.3) is 0 Å². The average Bonchev–Trinajstić information content (AvgIpc) is 2.84. The number of nitrogens with zero attached hydrogens (tertiary/aromatic N) is 4. The molecule has 1 aliphatic carbocycles. The highest BCUT2D eigenvalue weighted by Crippen LogP contribution is 2.26. The van der Waals surface area contributed by atoms with Crippen LogP contribution in [0.25, 0.3) is 0 Å². The van der Waals surface area contributed by atoms with Crippen LogP contribution in [0.2, 0.25) is 0 Å². The Labute approximate surface area is 193 Å². The van der Waals surface area contributed by atoms with Gasteiger partial charge in [0.15, 0.2) is 6.20 Å². The van der Waals surface area contributed by atoms with E-state index < -0.39 is 4.92 Å². The lowest BCUT2D eigenvalue weighted by Gasteiger charge is -2.36. The Hall–Kier alpha value is -3.20. The number of aromatic nitrogens is 1. The molecule has 4 rings (SSSR count). The van der Waals surface area contributed by atoms with Crippen LogP contribution >= 0.6 is 0 Å². The molecule has 0 atom stereocenters. The van der Waals surface area contributed by atoms with Gasteiger partial charge in [0.05, 0.1) is 11.8 Å². The third-order valence-electron chi connectivity index (χ3n) is 6.46. The second-order valence-electron chi connectivity index (χ2n) is 8.75. The van der Waals surface area contributed by atoms with Gasteiger partial charge in [-0.3, -0.25) is 4.79 Å². The number of nitrogens with one attached hydrogen (secondary N) is 1. The number of para-hydroxylation sites is 1. The number of rotatable bonds is 7. The Bertz CT molecular complexity index is 955. The highest BCUT2D eigenvalue weighted by molar-refractivity contribution is 5.77. The Balaban J connectivity index is 1.16. The molecular formula is C24H31N5O4. The summed E-state index contributed by atoms with van der Waals surface area (Å²) in [6.07, 6.45) is 5.21. The maximum absolute atomic E-state index is 12.6. The number of amides is 1. The van der Waals surface area contributed by atoms with Gasteiger partial charge in [0, 0.05) is 43.5 Å². The summed E-state index contributed by atoms with van der Waals surface area (Å²) in [7, 11) is 0. The van der Waals surface area contributed by atoms with Crippen molar-refractivity contribution in [3.05, 3.63) is 58.3 Å². The van der Waals surface area contributed by atoms with Crippen molar-refractivity contribution in [3.8, 4) is 0 Å². The first-order chi connectivity index (χ1) is 16.0. The lowest BCUT2D eigenvalue weighted by molar-refractivity contribution is -0.390. The molecule has 1 saturated heterocycles. The van der Waals surface area contributed by atoms with Crippen LogP contribution in [0.5, 0.6) is 0 Å². The van der Waals surface area contributed by atoms with E-state index in [1.807, 2.05) is 23.1 Å². The summed E-state index contributed by atoms with van der Waals surface area (Å²) in [6, 6.07) is 12.3. The van der Waals surface area contributed by atoms with E-state index in [9.17, 15) is 14.9 Å². The van der Waals surface area contributed by atoms with E-state index in [1.165, 1.54) is 11.9 Å². The molecule has 1 amide bonds. The number of pyridine rings is 1. The number of ether oxygens (including phenoxy) is 1. The predicted octanol–water partition coefficient (Wildman–Crippen LogP) is 3.39. The van der Waals surface area contributed by atoms with Gasteiger partial charge >= 0.3 is 5.82 Å². The van der Waals surface area contributed by atoms with Gasteiger partial charge in [-0.2, -0.15) is 0 Å². The summed E-state index contributed by atoms with van der Waals surface area (Å²) in [5.74, 6) is -0.0424. The van der Waals surface area contributed by atoms with Crippen molar-refractivity contribution < 1.29 is 14.5 Å². The SMILES string of the molecule is Cc1cc(NC2CCC(OCC(=O)N3CCN(c4ccccc4)CC3)CC2)cnc1[N+](=O)[O-]. The van der Waals surface area contributed by atoms with E-state index in [4.69, 9.17) is 4.74 Å². The second-order valence-corrected chi connectivity index (χ2v) is 8.75. The van der Waals surface area contributed by atoms with Crippen molar-refractivity contribution in [1.29, 1.82) is 0 Å². The van der Waals surface area contributed by atoms with Gasteiger partial charge in [0.1, 0.15) is 6.61 Å². The van der Waals surface area contributed by atoms with Crippen molar-refractivity contribution in [3.63, 3.8) is 0 Å². The molecule has 2 heterocycles. The maximum Gasteiger partial charge on any atom is 0.366 e. The van der Waals surface area contributed by atoms with Crippen LogP contribution in [-0.4, -0.2) is 65.6 Å². The van der Waals surface area contributed by atoms with Crippen LogP contribution in [0.15, 0.2) is 42.6 Å². The third kappa shape index (κ3) is 5.98. The maximum atomic E-state index is 12.6. The summed E-state index contributed by atoms with van der Waals surface area (Å²) in [4.78, 5) is 31.2. The summed E-state index contributed by atoms with van der Waals surface area (Å²) in [5.41, 5.74) is 2.54. The number of piperazine rings is 1. The van der Waals surface area contributed by atoms with Gasteiger partial charge in [-0.05, 0) is 60.7 Å². The minimum Gasteiger partial charge on any atom is -0.379 e. The first-order valence-electron chi connectivity index (χ1n) is 11.6. The lowest BCUT2D eigenvalue weighted by atomic mass is 9.93. The fourth-order valence-electron chi connectivity index (χ4n) is 4.58. The molecule has 1 saturated carbocycles. The van der Waals surface area contributed by atoms with Gasteiger partial charge in [-0.15, -0.1) is 0 Å². The standard InChI is InChI=1S/C24H31N5O4/c1-18-15-20(16-25-24(18)29(31)32)26-19-7-9-22(10-8-19)33-17-23(30)28-13-11-27(12-14-28)21-5-3-2-4-6-21/h2-6,15-16,19,22,26H,7-14,17H2,1H3. The van der Waals surface area contributed by atoms with Crippen LogP contribution in [0, 0.1) is 17.0 Å². The minimum absolute atomic E-state index is 0.0652. The van der Waals surface area contributed by atoms with Gasteiger partial charge < -0.3 is 30.0 Å². The van der Waals surface area contributed by atoms with E-state index in [0.717, 1.165) is 57.5 Å². The molecule has 2 aliphatic rings. The van der Waals surface area contributed by atoms with E-state index in [2.05, 4.69) is 27.3 Å². The topological polar surface area (TPSA) is 101 Å². The molecule has 0 bridgehead atoms. The van der Waals surface area contributed by atoms with Crippen LogP contribution < -0.4 is 10.2 Å². The molecule has 0 spiro atoms. The molecule has 9 nitrogen and oxygen atoms in total. The summed E-state index contributed by atoms with van der Waals surface area (Å²) in [6.45, 7) is 4.94. The molecular weight excluding hydrogens is 422 g/mol. The quantitative estimate of drug-likeness (QED) is 0.507. The van der Waals surface area contributed by atoms with E-state index >= 15 is 0 Å². The number of hydrogen-bond acceptors (Lipinski definition) is 7. The van der Waals surface area contributed by atoms with Crippen molar-refractivity contribution in [2.75, 3.05) is 43.0 Å². The van der Waals surface area contributed by atoms with Crippen molar-refractivity contribution in [2.24, 2.45) is 0 Å². The number of carbonyl (C=O) groups is 1. The van der Waals surface area contributed by atoms with Gasteiger partial charge in [-0.25, -0.2) is 0 Å². The Morgan fingerprint density at radius 3 is 2.48 bits per heavy atom. The normalized spacial score (nSPS) is 21.0. The van der Waals surface area contributed by atoms with Gasteiger partial charge in [-0.1, -0.05) is 18.2 Å². The monoisotopic (exact) mass is 453 g/mol. The van der Waals surface area contributed by atoms with Crippen molar-refractivity contribution in [1.82, 2.24) is 9.88 Å². The largest absolute Gasteiger partial charge is 0.379 e. The Morgan fingerprint density at radius 2 is 1.85 bits per heavy atom. The van der Waals surface area contributed by atoms with Crippen LogP contribution in [0.3, 0.4) is 0 Å². The first kappa shape index (κ1) is 23.0. The van der Waals surface area contributed by atoms with Crippen molar-refractivity contribution >= 4 is 23.1 Å². The predicted molar refractivity (Wildman–Crippen MR) is 126 cm³/mol. The van der Waals surface area contributed by atoms with Crippen LogP contribution in [0.4, 0.5) is 17.2 Å². The number of nitro groups is 1. The van der Waals surface area contributed by atoms with Crippen molar-refractivity contribution in [2.45, 2.75) is 44.8 Å². The molecule has 33 heavy (non-hydrogen) atoms. The zero-order valence-electron chi connectivity index (χ0n) is 19.0. The summed E-state index contributed by atoms with van der Waals surface area (Å²) in [5, 5.41) is 14.3. The average molecular weight is 454 g/mol. The van der Waals surface area contributed by atoms with Crippen LogP contribution in [-0.2, 0) is 9.53 Å². The smallest absolute Gasteiger partial charge is 0.366 e. The second kappa shape index (κ2) is 10.6. The first-order valence-corrected chi connectivity index (χ1v) is 11.6. The third-order valence-corrected chi connectivity index (χ3v) is 6.46. The fourth-order valence-corrected chi connectivity index (χ4v) is 4.58. The number of aryl methyl sites for hydroxylation is 1. The molecule has 1 aliphatic heterocycles. The Kier molecular flexibility index (Phi) is 7.39. The van der Waals surface area contributed by atoms with E-state index in [-0.39, 0.29) is 30.5 Å². The van der Waals surface area contributed by atoms with Crippen LogP contribution in [0.1, 0.15) is 31.2 Å². The van der Waals surface area contributed by atoms with E-state index in [1.54, 1.807) is 13.0 Å². The molecule has 0 unspecified atom stereocenters.